The molecule has 2 aromatic rings. The van der Waals surface area contributed by atoms with Crippen molar-refractivity contribution in [3.63, 3.8) is 0 Å². The Bertz CT molecular complexity index is 788. The predicted molar refractivity (Wildman–Crippen MR) is 93.6 cm³/mol. The molecule has 2 N–H and O–H groups in total. The molecule has 0 aromatic heterocycles. The van der Waals surface area contributed by atoms with Crippen molar-refractivity contribution in [2.45, 2.75) is 18.9 Å². The molecular weight excluding hydrogens is 337 g/mol. The number of benzene rings is 2. The molecule has 2 unspecified atom stereocenters. The molecule has 1 aliphatic rings. The van der Waals surface area contributed by atoms with Gasteiger partial charge in [-0.05, 0) is 42.5 Å². The van der Waals surface area contributed by atoms with Crippen molar-refractivity contribution < 1.29 is 23.8 Å². The first kappa shape index (κ1) is 18.1. The Hall–Kier alpha value is -2.73. The number of hydrogen-bond donors (Lipinski definition) is 2. The lowest BCUT2D eigenvalue weighted by Gasteiger charge is -2.22. The Kier molecular flexibility index (Phi) is 5.63. The van der Waals surface area contributed by atoms with E-state index in [-0.39, 0.29) is 17.2 Å². The van der Waals surface area contributed by atoms with E-state index in [1.54, 1.807) is 0 Å². The monoisotopic (exact) mass is 357 g/mol. The van der Waals surface area contributed by atoms with Crippen LogP contribution >= 0.6 is 0 Å². The van der Waals surface area contributed by atoms with Gasteiger partial charge in [0.1, 0.15) is 5.82 Å². The molecule has 2 atom stereocenters. The summed E-state index contributed by atoms with van der Waals surface area (Å²) >= 11 is 0. The molecule has 1 aliphatic heterocycles. The highest BCUT2D eigenvalue weighted by Gasteiger charge is 2.24. The summed E-state index contributed by atoms with van der Waals surface area (Å²) in [5.74, 6) is -2.32. The molecule has 0 radical (unpaired) electrons. The van der Waals surface area contributed by atoms with Crippen molar-refractivity contribution in [2.24, 2.45) is 5.92 Å². The van der Waals surface area contributed by atoms with Crippen LogP contribution in [0.5, 0.6) is 0 Å². The minimum atomic E-state index is -1.24. The van der Waals surface area contributed by atoms with E-state index in [1.807, 2.05) is 30.3 Å². The molecule has 26 heavy (non-hydrogen) atoms. The highest BCUT2D eigenvalue weighted by Crippen LogP contribution is 2.27. The molecule has 1 amide bonds. The molecule has 0 bridgehead atoms. The van der Waals surface area contributed by atoms with Crippen molar-refractivity contribution in [3.05, 3.63) is 71.0 Å². The SMILES string of the molecule is O=C(O)c1ccc(C(=O)NC(CC2CCOC2)c2ccccc2)c(F)c1. The van der Waals surface area contributed by atoms with Crippen LogP contribution < -0.4 is 5.32 Å². The van der Waals surface area contributed by atoms with Crippen LogP contribution in [0.2, 0.25) is 0 Å². The number of carboxylic acids is 1. The van der Waals surface area contributed by atoms with E-state index in [2.05, 4.69) is 5.32 Å². The molecule has 5 nitrogen and oxygen atoms in total. The van der Waals surface area contributed by atoms with Crippen molar-refractivity contribution in [1.82, 2.24) is 5.32 Å². The first-order valence-corrected chi connectivity index (χ1v) is 8.51. The van der Waals surface area contributed by atoms with Gasteiger partial charge in [-0.3, -0.25) is 4.79 Å². The van der Waals surface area contributed by atoms with Gasteiger partial charge in [0.2, 0.25) is 0 Å². The number of amides is 1. The Labute approximate surface area is 150 Å². The molecule has 2 aromatic carbocycles. The summed E-state index contributed by atoms with van der Waals surface area (Å²) in [5, 5.41) is 11.8. The zero-order valence-corrected chi connectivity index (χ0v) is 14.2. The lowest BCUT2D eigenvalue weighted by atomic mass is 9.94. The predicted octanol–water partition coefficient (Wildman–Crippen LogP) is 3.42. The molecule has 136 valence electrons. The third-order valence-corrected chi connectivity index (χ3v) is 4.56. The van der Waals surface area contributed by atoms with Gasteiger partial charge in [-0.2, -0.15) is 0 Å². The topological polar surface area (TPSA) is 75.6 Å². The van der Waals surface area contributed by atoms with Gasteiger partial charge < -0.3 is 15.2 Å². The van der Waals surface area contributed by atoms with E-state index in [1.165, 1.54) is 12.1 Å². The number of ether oxygens (including phenoxy) is 1. The fraction of sp³-hybridized carbons (Fsp3) is 0.300. The van der Waals surface area contributed by atoms with Crippen LogP contribution in [-0.2, 0) is 4.74 Å². The lowest BCUT2D eigenvalue weighted by Crippen LogP contribution is -2.31. The summed E-state index contributed by atoms with van der Waals surface area (Å²) in [7, 11) is 0. The number of carbonyl (C=O) groups is 2. The molecule has 1 heterocycles. The number of hydrogen-bond acceptors (Lipinski definition) is 3. The Morgan fingerprint density at radius 3 is 2.62 bits per heavy atom. The maximum atomic E-state index is 14.2. The van der Waals surface area contributed by atoms with Crippen molar-refractivity contribution in [2.75, 3.05) is 13.2 Å². The van der Waals surface area contributed by atoms with E-state index < -0.39 is 17.7 Å². The fourth-order valence-corrected chi connectivity index (χ4v) is 3.13. The maximum Gasteiger partial charge on any atom is 0.335 e. The summed E-state index contributed by atoms with van der Waals surface area (Å²) in [6, 6.07) is 12.5. The molecule has 1 fully saturated rings. The molecule has 1 saturated heterocycles. The standard InChI is InChI=1S/C20H20FNO4/c21-17-11-15(20(24)25)6-7-16(17)19(23)22-18(10-13-8-9-26-12-13)14-4-2-1-3-5-14/h1-7,11,13,18H,8-10,12H2,(H,22,23)(H,24,25). The van der Waals surface area contributed by atoms with E-state index in [4.69, 9.17) is 9.84 Å². The van der Waals surface area contributed by atoms with Gasteiger partial charge in [0.25, 0.3) is 5.91 Å². The van der Waals surface area contributed by atoms with Crippen LogP contribution in [0.4, 0.5) is 4.39 Å². The first-order chi connectivity index (χ1) is 12.5. The minimum absolute atomic E-state index is 0.168. The third-order valence-electron chi connectivity index (χ3n) is 4.56. The largest absolute Gasteiger partial charge is 0.478 e. The van der Waals surface area contributed by atoms with Crippen LogP contribution in [0, 0.1) is 11.7 Å². The van der Waals surface area contributed by atoms with Gasteiger partial charge in [-0.15, -0.1) is 0 Å². The number of rotatable bonds is 6. The molecule has 0 aliphatic carbocycles. The van der Waals surface area contributed by atoms with Crippen LogP contribution in [0.15, 0.2) is 48.5 Å². The number of nitrogens with one attached hydrogen (secondary N) is 1. The highest BCUT2D eigenvalue weighted by molar-refractivity contribution is 5.96. The first-order valence-electron chi connectivity index (χ1n) is 8.51. The van der Waals surface area contributed by atoms with Crippen LogP contribution in [0.1, 0.15) is 45.2 Å². The van der Waals surface area contributed by atoms with Gasteiger partial charge in [-0.1, -0.05) is 30.3 Å². The average molecular weight is 357 g/mol. The second-order valence-electron chi connectivity index (χ2n) is 6.40. The molecule has 0 spiro atoms. The summed E-state index contributed by atoms with van der Waals surface area (Å²) in [5.41, 5.74) is 0.579. The Morgan fingerprint density at radius 2 is 2.00 bits per heavy atom. The quantitative estimate of drug-likeness (QED) is 0.831. The van der Waals surface area contributed by atoms with Gasteiger partial charge in [0, 0.05) is 13.2 Å². The summed E-state index contributed by atoms with van der Waals surface area (Å²) in [4.78, 5) is 23.5. The summed E-state index contributed by atoms with van der Waals surface area (Å²) < 4.78 is 19.6. The lowest BCUT2D eigenvalue weighted by molar-refractivity contribution is 0.0695. The highest BCUT2D eigenvalue weighted by atomic mass is 19.1. The van der Waals surface area contributed by atoms with Crippen LogP contribution in [0.25, 0.3) is 0 Å². The molecule has 0 saturated carbocycles. The molecular formula is C20H20FNO4. The normalized spacial score (nSPS) is 17.7. The van der Waals surface area contributed by atoms with Gasteiger partial charge in [-0.25, -0.2) is 9.18 Å². The third kappa shape index (κ3) is 4.26. The van der Waals surface area contributed by atoms with Gasteiger partial charge in [0.15, 0.2) is 0 Å². The Balaban J connectivity index is 1.79. The summed E-state index contributed by atoms with van der Waals surface area (Å²) in [6.45, 7) is 1.37. The van der Waals surface area contributed by atoms with Crippen molar-refractivity contribution in [1.29, 1.82) is 0 Å². The second kappa shape index (κ2) is 8.10. The van der Waals surface area contributed by atoms with Gasteiger partial charge in [0.05, 0.1) is 17.2 Å². The van der Waals surface area contributed by atoms with Gasteiger partial charge >= 0.3 is 5.97 Å². The number of carbonyl (C=O) groups excluding carboxylic acids is 1. The van der Waals surface area contributed by atoms with E-state index in [0.717, 1.165) is 18.1 Å². The number of halogens is 1. The van der Waals surface area contributed by atoms with Crippen LogP contribution in [0.3, 0.4) is 0 Å². The Morgan fingerprint density at radius 1 is 1.23 bits per heavy atom. The molecule has 6 heteroatoms. The van der Waals surface area contributed by atoms with Crippen LogP contribution in [-0.4, -0.2) is 30.2 Å². The van der Waals surface area contributed by atoms with E-state index in [0.29, 0.717) is 25.6 Å². The zero-order valence-electron chi connectivity index (χ0n) is 14.2. The average Bonchev–Trinajstić information content (AvgIpc) is 3.14. The fourth-order valence-electron chi connectivity index (χ4n) is 3.13. The molecule has 3 rings (SSSR count). The van der Waals surface area contributed by atoms with E-state index >= 15 is 0 Å². The number of carboxylic acid groups (broad SMARTS) is 1. The minimum Gasteiger partial charge on any atom is -0.478 e. The van der Waals surface area contributed by atoms with Crippen molar-refractivity contribution in [3.8, 4) is 0 Å². The van der Waals surface area contributed by atoms with E-state index in [9.17, 15) is 14.0 Å². The maximum absolute atomic E-state index is 14.2. The smallest absolute Gasteiger partial charge is 0.335 e. The summed E-state index contributed by atoms with van der Waals surface area (Å²) in [6.07, 6.45) is 1.63. The van der Waals surface area contributed by atoms with Crippen molar-refractivity contribution >= 4 is 11.9 Å². The zero-order chi connectivity index (χ0) is 18.5. The number of aromatic carboxylic acids is 1. The second-order valence-corrected chi connectivity index (χ2v) is 6.40.